The third-order valence-corrected chi connectivity index (χ3v) is 2.52. The molecule has 0 fully saturated rings. The molecule has 1 aromatic rings. The number of ether oxygens (including phenoxy) is 1. The second kappa shape index (κ2) is 4.96. The van der Waals surface area contributed by atoms with E-state index in [1.165, 1.54) is 6.92 Å². The standard InChI is InChI=1S/C11H11BrO2/c1-3-9-6-4-5-7-10(9)14-11(12)8(2)13/h3-7,11H,1H2,2H3. The zero-order valence-corrected chi connectivity index (χ0v) is 9.45. The average molecular weight is 255 g/mol. The van der Waals surface area contributed by atoms with Gasteiger partial charge in [0.15, 0.2) is 5.78 Å². The molecule has 0 amide bonds. The maximum absolute atomic E-state index is 11.0. The van der Waals surface area contributed by atoms with Crippen molar-refractivity contribution < 1.29 is 9.53 Å². The molecule has 1 aromatic carbocycles. The lowest BCUT2D eigenvalue weighted by molar-refractivity contribution is -0.120. The molecule has 0 saturated carbocycles. The largest absolute Gasteiger partial charge is 0.471 e. The van der Waals surface area contributed by atoms with Crippen LogP contribution in [0.3, 0.4) is 0 Å². The molecule has 3 heteroatoms. The monoisotopic (exact) mass is 254 g/mol. The van der Waals surface area contributed by atoms with E-state index in [2.05, 4.69) is 22.5 Å². The zero-order valence-electron chi connectivity index (χ0n) is 7.87. The summed E-state index contributed by atoms with van der Waals surface area (Å²) < 4.78 is 5.39. The molecule has 0 aliphatic rings. The second-order valence-corrected chi connectivity index (χ2v) is 3.62. The Labute approximate surface area is 91.7 Å². The van der Waals surface area contributed by atoms with Gasteiger partial charge < -0.3 is 4.74 Å². The SMILES string of the molecule is C=Cc1ccccc1OC(Br)C(C)=O. The number of hydrogen-bond donors (Lipinski definition) is 0. The predicted molar refractivity (Wildman–Crippen MR) is 60.6 cm³/mol. The number of hydrogen-bond acceptors (Lipinski definition) is 2. The summed E-state index contributed by atoms with van der Waals surface area (Å²) in [6, 6.07) is 7.42. The maximum atomic E-state index is 11.0. The summed E-state index contributed by atoms with van der Waals surface area (Å²) in [5, 5.41) is -0.594. The highest BCUT2D eigenvalue weighted by atomic mass is 79.9. The van der Waals surface area contributed by atoms with Crippen LogP contribution in [-0.2, 0) is 4.79 Å². The van der Waals surface area contributed by atoms with E-state index in [9.17, 15) is 4.79 Å². The third-order valence-electron chi connectivity index (χ3n) is 1.69. The Morgan fingerprint density at radius 1 is 1.57 bits per heavy atom. The lowest BCUT2D eigenvalue weighted by atomic mass is 10.2. The molecule has 0 saturated heterocycles. The van der Waals surface area contributed by atoms with Crippen LogP contribution in [0.15, 0.2) is 30.8 Å². The molecule has 0 bridgehead atoms. The topological polar surface area (TPSA) is 26.3 Å². The van der Waals surface area contributed by atoms with Crippen LogP contribution in [0.5, 0.6) is 5.75 Å². The fourth-order valence-corrected chi connectivity index (χ4v) is 1.15. The van der Waals surface area contributed by atoms with Crippen molar-refractivity contribution in [3.63, 3.8) is 0 Å². The van der Waals surface area contributed by atoms with E-state index in [4.69, 9.17) is 4.74 Å². The van der Waals surface area contributed by atoms with E-state index >= 15 is 0 Å². The Bertz CT molecular complexity index is 347. The van der Waals surface area contributed by atoms with Crippen molar-refractivity contribution in [2.24, 2.45) is 0 Å². The fourth-order valence-electron chi connectivity index (χ4n) is 0.951. The highest BCUT2D eigenvalue weighted by Crippen LogP contribution is 2.21. The quantitative estimate of drug-likeness (QED) is 0.773. The van der Waals surface area contributed by atoms with E-state index in [0.717, 1.165) is 5.56 Å². The summed E-state index contributed by atoms with van der Waals surface area (Å²) in [5.74, 6) is 0.587. The molecule has 0 aliphatic carbocycles. The molecule has 0 aromatic heterocycles. The van der Waals surface area contributed by atoms with E-state index < -0.39 is 5.01 Å². The Morgan fingerprint density at radius 2 is 2.21 bits per heavy atom. The molecular weight excluding hydrogens is 244 g/mol. The molecule has 0 spiro atoms. The van der Waals surface area contributed by atoms with Crippen LogP contribution < -0.4 is 4.74 Å². The third kappa shape index (κ3) is 2.70. The van der Waals surface area contributed by atoms with E-state index in [-0.39, 0.29) is 5.78 Å². The molecule has 0 heterocycles. The van der Waals surface area contributed by atoms with E-state index in [1.54, 1.807) is 12.1 Å². The Kier molecular flexibility index (Phi) is 3.89. The second-order valence-electron chi connectivity index (χ2n) is 2.79. The summed E-state index contributed by atoms with van der Waals surface area (Å²) in [6.45, 7) is 5.13. The van der Waals surface area contributed by atoms with Crippen LogP contribution in [0.1, 0.15) is 12.5 Å². The minimum Gasteiger partial charge on any atom is -0.471 e. The number of Topliss-reactive ketones (excluding diaryl/α,β-unsaturated/α-hetero) is 1. The molecule has 74 valence electrons. The summed E-state index contributed by atoms with van der Waals surface area (Å²) in [6.07, 6.45) is 1.69. The predicted octanol–water partition coefficient (Wildman–Crippen LogP) is 3.02. The normalized spacial score (nSPS) is 11.9. The number of alkyl halides is 1. The first-order chi connectivity index (χ1) is 6.65. The average Bonchev–Trinajstić information content (AvgIpc) is 2.18. The molecule has 14 heavy (non-hydrogen) atoms. The first-order valence-corrected chi connectivity index (χ1v) is 5.09. The van der Waals surface area contributed by atoms with Crippen molar-refractivity contribution in [3.8, 4) is 5.75 Å². The van der Waals surface area contributed by atoms with Gasteiger partial charge in [0.25, 0.3) is 0 Å². The van der Waals surface area contributed by atoms with Crippen LogP contribution in [0.4, 0.5) is 0 Å². The lowest BCUT2D eigenvalue weighted by Crippen LogP contribution is -2.17. The van der Waals surface area contributed by atoms with Gasteiger partial charge in [-0.3, -0.25) is 4.79 Å². The van der Waals surface area contributed by atoms with Gasteiger partial charge in [0, 0.05) is 5.56 Å². The first kappa shape index (κ1) is 11.0. The van der Waals surface area contributed by atoms with Crippen molar-refractivity contribution in [1.82, 2.24) is 0 Å². The molecule has 0 aliphatic heterocycles. The van der Waals surface area contributed by atoms with Gasteiger partial charge in [-0.05, 0) is 28.9 Å². The van der Waals surface area contributed by atoms with Crippen molar-refractivity contribution in [3.05, 3.63) is 36.4 Å². The van der Waals surface area contributed by atoms with Crippen LogP contribution in [0.25, 0.3) is 6.08 Å². The molecule has 2 nitrogen and oxygen atoms in total. The van der Waals surface area contributed by atoms with Gasteiger partial charge in [0.1, 0.15) is 5.75 Å². The minimum absolute atomic E-state index is 0.0659. The lowest BCUT2D eigenvalue weighted by Gasteiger charge is -2.11. The Morgan fingerprint density at radius 3 is 2.79 bits per heavy atom. The molecular formula is C11H11BrO2. The fraction of sp³-hybridized carbons (Fsp3) is 0.182. The number of halogens is 1. The first-order valence-electron chi connectivity index (χ1n) is 4.18. The van der Waals surface area contributed by atoms with Crippen LogP contribution in [0.2, 0.25) is 0 Å². The van der Waals surface area contributed by atoms with Gasteiger partial charge in [0.2, 0.25) is 5.01 Å². The summed E-state index contributed by atoms with van der Waals surface area (Å²) >= 11 is 3.14. The van der Waals surface area contributed by atoms with Gasteiger partial charge >= 0.3 is 0 Å². The Balaban J connectivity index is 2.85. The molecule has 0 N–H and O–H groups in total. The Hall–Kier alpha value is -1.09. The number of carbonyl (C=O) groups excluding carboxylic acids is 1. The summed E-state index contributed by atoms with van der Waals surface area (Å²) in [4.78, 5) is 11.0. The van der Waals surface area contributed by atoms with E-state index in [1.807, 2.05) is 18.2 Å². The van der Waals surface area contributed by atoms with E-state index in [0.29, 0.717) is 5.75 Å². The van der Waals surface area contributed by atoms with Crippen LogP contribution in [-0.4, -0.2) is 10.8 Å². The molecule has 1 atom stereocenters. The molecule has 0 radical (unpaired) electrons. The zero-order chi connectivity index (χ0) is 10.6. The van der Waals surface area contributed by atoms with Gasteiger partial charge in [-0.1, -0.05) is 30.9 Å². The van der Waals surface area contributed by atoms with Crippen LogP contribution in [0, 0.1) is 0 Å². The highest BCUT2D eigenvalue weighted by molar-refractivity contribution is 9.09. The minimum atomic E-state index is -0.594. The number of para-hydroxylation sites is 1. The summed E-state index contributed by atoms with van der Waals surface area (Å²) in [5.41, 5.74) is 0.873. The van der Waals surface area contributed by atoms with Crippen LogP contribution >= 0.6 is 15.9 Å². The smallest absolute Gasteiger partial charge is 0.210 e. The number of ketones is 1. The van der Waals surface area contributed by atoms with Gasteiger partial charge in [-0.15, -0.1) is 0 Å². The van der Waals surface area contributed by atoms with Crippen molar-refractivity contribution >= 4 is 27.8 Å². The maximum Gasteiger partial charge on any atom is 0.210 e. The number of carbonyl (C=O) groups is 1. The van der Waals surface area contributed by atoms with Crippen molar-refractivity contribution in [1.29, 1.82) is 0 Å². The van der Waals surface area contributed by atoms with Crippen molar-refractivity contribution in [2.75, 3.05) is 0 Å². The molecule has 1 unspecified atom stereocenters. The molecule has 1 rings (SSSR count). The summed E-state index contributed by atoms with van der Waals surface area (Å²) in [7, 11) is 0. The van der Waals surface area contributed by atoms with Crippen molar-refractivity contribution in [2.45, 2.75) is 11.9 Å². The van der Waals surface area contributed by atoms with Gasteiger partial charge in [0.05, 0.1) is 0 Å². The van der Waals surface area contributed by atoms with Gasteiger partial charge in [-0.2, -0.15) is 0 Å². The number of rotatable bonds is 4. The van der Waals surface area contributed by atoms with Gasteiger partial charge in [-0.25, -0.2) is 0 Å². The number of benzene rings is 1. The highest BCUT2D eigenvalue weighted by Gasteiger charge is 2.12.